The lowest BCUT2D eigenvalue weighted by Gasteiger charge is -2.21. The molecule has 3 unspecified atom stereocenters. The zero-order chi connectivity index (χ0) is 56.6. The molecule has 2 saturated carbocycles. The minimum Gasteiger partial charge on any atom is -0.491 e. The molecule has 0 bridgehead atoms. The lowest BCUT2D eigenvalue weighted by molar-refractivity contribution is -0.142. The molecule has 4 fully saturated rings. The number of aliphatic hydroxyl groups is 3. The number of benzene rings is 6. The molecule has 12 nitrogen and oxygen atoms in total. The van der Waals surface area contributed by atoms with Gasteiger partial charge in [-0.05, 0) is 88.8 Å². The van der Waals surface area contributed by atoms with Gasteiger partial charge in [-0.3, -0.25) is 4.79 Å². The molecule has 418 valence electrons. The molecule has 80 heavy (non-hydrogen) atoms. The number of esters is 3. The van der Waals surface area contributed by atoms with Gasteiger partial charge in [0.15, 0.2) is 6.29 Å². The number of alkyl halides is 6. The van der Waals surface area contributed by atoms with Gasteiger partial charge in [-0.25, -0.2) is 9.59 Å². The summed E-state index contributed by atoms with van der Waals surface area (Å²) >= 11 is 0. The summed E-state index contributed by atoms with van der Waals surface area (Å²) < 4.78 is 111. The van der Waals surface area contributed by atoms with Crippen LogP contribution < -0.4 is 9.47 Å². The van der Waals surface area contributed by atoms with Crippen molar-refractivity contribution < 1.29 is 84.5 Å². The molecule has 6 aromatic carbocycles. The van der Waals surface area contributed by atoms with Crippen molar-refractivity contribution in [2.75, 3.05) is 13.2 Å². The third-order valence-electron chi connectivity index (χ3n) is 14.5. The minimum atomic E-state index is -4.51. The van der Waals surface area contributed by atoms with E-state index in [4.69, 9.17) is 28.4 Å². The van der Waals surface area contributed by atoms with Crippen LogP contribution in [0.2, 0.25) is 0 Å². The standard InChI is InChI=1S/C31H29F3O6.C31H27F3O6/c2*32-31(33,34)22-7-4-8-24(15-22)38-18-23(35)13-14-25-26-16-29(36)39-28(26)17-27(25)40-30(37)21-11-9-20(10-12-21)19-5-2-1-3-6-19/h1-15,23,25-29,35-36H,16-18H2;1-15,23,25-28,35H,16-18H2/b2*14-13+/t23-,25-,26-,27-,28?,29?;23-,25-,26-,27-,28?/m11/s1. The van der Waals surface area contributed by atoms with Crippen molar-refractivity contribution in [3.63, 3.8) is 0 Å². The topological polar surface area (TPSA) is 167 Å². The summed E-state index contributed by atoms with van der Waals surface area (Å²) in [7, 11) is 0. The van der Waals surface area contributed by atoms with Gasteiger partial charge in [0.05, 0.1) is 34.8 Å². The SMILES string of the molecule is O=C(O[C@@H]1CC2OC(O)C[C@@H]2[C@H]1/C=C/[C@@H](O)COc1cccc(C(F)(F)F)c1)c1ccc(-c2ccccc2)cc1.O=C1C[C@H]2C(C[C@@H](OC(=O)c3ccc(-c4ccccc4)cc3)[C@@H]2/C=C/[C@@H](O)COc2cccc(C(F)(F)F)c2)O1. The zero-order valence-corrected chi connectivity index (χ0v) is 42.7. The van der Waals surface area contributed by atoms with Crippen LogP contribution in [0, 0.1) is 23.7 Å². The summed E-state index contributed by atoms with van der Waals surface area (Å²) in [5, 5.41) is 30.8. The lowest BCUT2D eigenvalue weighted by atomic mass is 9.91. The molecule has 0 radical (unpaired) electrons. The monoisotopic (exact) mass is 1110 g/mol. The highest BCUT2D eigenvalue weighted by atomic mass is 19.4. The van der Waals surface area contributed by atoms with E-state index in [-0.39, 0.29) is 61.0 Å². The normalized spacial score (nSPS) is 24.1. The molecule has 18 heteroatoms. The number of halogens is 6. The summed E-state index contributed by atoms with van der Waals surface area (Å²) in [6.45, 7) is -0.553. The van der Waals surface area contributed by atoms with Crippen molar-refractivity contribution in [3.8, 4) is 33.8 Å². The van der Waals surface area contributed by atoms with Gasteiger partial charge in [0, 0.05) is 37.0 Å². The number of fused-ring (bicyclic) bond motifs is 2. The molecular weight excluding hydrogens is 1050 g/mol. The Bertz CT molecular complexity index is 3110. The molecule has 0 amide bonds. The van der Waals surface area contributed by atoms with Crippen LogP contribution in [0.25, 0.3) is 22.3 Å². The zero-order valence-electron chi connectivity index (χ0n) is 42.7. The van der Waals surface area contributed by atoms with Crippen molar-refractivity contribution in [1.29, 1.82) is 0 Å². The molecule has 0 spiro atoms. The molecule has 0 aromatic heterocycles. The molecule has 11 atom stereocenters. The van der Waals surface area contributed by atoms with Gasteiger partial charge in [0.25, 0.3) is 0 Å². The van der Waals surface area contributed by atoms with Gasteiger partial charge in [-0.15, -0.1) is 0 Å². The van der Waals surface area contributed by atoms with E-state index < -0.39 is 78.1 Å². The van der Waals surface area contributed by atoms with E-state index in [1.807, 2.05) is 84.9 Å². The van der Waals surface area contributed by atoms with Crippen molar-refractivity contribution in [1.82, 2.24) is 0 Å². The van der Waals surface area contributed by atoms with Crippen LogP contribution in [0.15, 0.2) is 182 Å². The van der Waals surface area contributed by atoms with Crippen LogP contribution in [0.3, 0.4) is 0 Å². The summed E-state index contributed by atoms with van der Waals surface area (Å²) in [5.41, 5.74) is 3.07. The van der Waals surface area contributed by atoms with Crippen molar-refractivity contribution in [2.24, 2.45) is 23.7 Å². The average molecular weight is 1110 g/mol. The van der Waals surface area contributed by atoms with Gasteiger partial charge in [-0.1, -0.05) is 121 Å². The largest absolute Gasteiger partial charge is 0.491 e. The highest BCUT2D eigenvalue weighted by Gasteiger charge is 2.52. The number of aliphatic hydroxyl groups excluding tert-OH is 3. The van der Waals surface area contributed by atoms with Crippen LogP contribution in [0.4, 0.5) is 26.3 Å². The highest BCUT2D eigenvalue weighted by Crippen LogP contribution is 2.46. The van der Waals surface area contributed by atoms with Crippen LogP contribution in [-0.2, 0) is 36.1 Å². The number of carbonyl (C=O) groups is 3. The van der Waals surface area contributed by atoms with E-state index in [1.165, 1.54) is 36.4 Å². The number of hydrogen-bond donors (Lipinski definition) is 3. The summed E-state index contributed by atoms with van der Waals surface area (Å²) in [4.78, 5) is 37.9. The maximum absolute atomic E-state index is 13.0. The Balaban J connectivity index is 0.000000194. The molecule has 6 aromatic rings. The Hall–Kier alpha value is -7.77. The smallest absolute Gasteiger partial charge is 0.416 e. The average Bonchev–Trinajstić information content (AvgIpc) is 4.30. The van der Waals surface area contributed by atoms with E-state index in [2.05, 4.69) is 0 Å². The van der Waals surface area contributed by atoms with Gasteiger partial charge < -0.3 is 43.7 Å². The molecule has 10 rings (SSSR count). The first-order valence-electron chi connectivity index (χ1n) is 25.9. The van der Waals surface area contributed by atoms with Crippen molar-refractivity contribution in [2.45, 2.75) is 80.9 Å². The maximum Gasteiger partial charge on any atom is 0.416 e. The number of ether oxygens (including phenoxy) is 6. The maximum atomic E-state index is 13.0. The number of rotatable bonds is 16. The molecule has 2 heterocycles. The quantitative estimate of drug-likeness (QED) is 0.0364. The van der Waals surface area contributed by atoms with Gasteiger partial charge in [0.1, 0.15) is 55.2 Å². The fraction of sp³-hybridized carbons (Fsp3) is 0.306. The molecule has 2 saturated heterocycles. The summed E-state index contributed by atoms with van der Waals surface area (Å²) in [6.07, 6.45) is -6.49. The van der Waals surface area contributed by atoms with Crippen LogP contribution >= 0.6 is 0 Å². The minimum absolute atomic E-state index is 0.0133. The third kappa shape index (κ3) is 14.5. The highest BCUT2D eigenvalue weighted by molar-refractivity contribution is 5.91. The van der Waals surface area contributed by atoms with Crippen LogP contribution in [0.1, 0.15) is 57.5 Å². The Morgan fingerprint density at radius 1 is 0.550 bits per heavy atom. The fourth-order valence-electron chi connectivity index (χ4n) is 10.5. The number of hydrogen-bond acceptors (Lipinski definition) is 12. The van der Waals surface area contributed by atoms with Crippen LogP contribution in [-0.4, -0.2) is 89.4 Å². The number of carbonyl (C=O) groups excluding carboxylic acids is 3. The molecule has 2 aliphatic carbocycles. The first kappa shape index (κ1) is 56.9. The van der Waals surface area contributed by atoms with Gasteiger partial charge in [-0.2, -0.15) is 26.3 Å². The second kappa shape index (κ2) is 25.1. The van der Waals surface area contributed by atoms with Crippen molar-refractivity contribution >= 4 is 17.9 Å². The predicted molar refractivity (Wildman–Crippen MR) is 280 cm³/mol. The van der Waals surface area contributed by atoms with Crippen LogP contribution in [0.5, 0.6) is 11.5 Å². The molecule has 4 aliphatic rings. The molecule has 3 N–H and O–H groups in total. The van der Waals surface area contributed by atoms with Gasteiger partial charge in [0.2, 0.25) is 0 Å². The Morgan fingerprint density at radius 3 is 1.43 bits per heavy atom. The Morgan fingerprint density at radius 2 is 0.975 bits per heavy atom. The van der Waals surface area contributed by atoms with Crippen molar-refractivity contribution in [3.05, 3.63) is 204 Å². The van der Waals surface area contributed by atoms with E-state index in [1.54, 1.807) is 36.4 Å². The lowest BCUT2D eigenvalue weighted by Crippen LogP contribution is -2.26. The second-order valence-corrected chi connectivity index (χ2v) is 19.9. The van der Waals surface area contributed by atoms with E-state index >= 15 is 0 Å². The van der Waals surface area contributed by atoms with E-state index in [9.17, 15) is 56.0 Å². The fourth-order valence-corrected chi connectivity index (χ4v) is 10.5. The first-order chi connectivity index (χ1) is 38.3. The summed E-state index contributed by atoms with van der Waals surface area (Å²) in [6, 6.07) is 42.5. The third-order valence-corrected chi connectivity index (χ3v) is 14.5. The molecule has 2 aliphatic heterocycles. The second-order valence-electron chi connectivity index (χ2n) is 19.9. The van der Waals surface area contributed by atoms with Gasteiger partial charge >= 0.3 is 30.3 Å². The Labute approximate surface area is 456 Å². The van der Waals surface area contributed by atoms with E-state index in [0.29, 0.717) is 30.4 Å². The van der Waals surface area contributed by atoms with E-state index in [0.717, 1.165) is 46.5 Å². The molecular formula is C62H56F6O12. The predicted octanol–water partition coefficient (Wildman–Crippen LogP) is 11.5. The Kier molecular flexibility index (Phi) is 17.9. The summed E-state index contributed by atoms with van der Waals surface area (Å²) in [5.74, 6) is -2.45. The first-order valence-corrected chi connectivity index (χ1v) is 25.9.